The number of aliphatic hydroxyl groups is 1. The van der Waals surface area contributed by atoms with Crippen LogP contribution in [0.2, 0.25) is 0 Å². The zero-order chi connectivity index (χ0) is 16.3. The number of hydrogen-bond donors (Lipinski definition) is 3. The molecule has 7 heteroatoms. The third-order valence-electron chi connectivity index (χ3n) is 3.31. The quantitative estimate of drug-likeness (QED) is 0.761. The molecule has 1 unspecified atom stereocenters. The van der Waals surface area contributed by atoms with Crippen molar-refractivity contribution in [1.82, 2.24) is 4.90 Å². The second-order valence-corrected chi connectivity index (χ2v) is 4.58. The van der Waals surface area contributed by atoms with Crippen molar-refractivity contribution in [2.45, 2.75) is 5.92 Å². The van der Waals surface area contributed by atoms with Crippen molar-refractivity contribution in [3.8, 4) is 12.1 Å². The lowest BCUT2D eigenvalue weighted by molar-refractivity contribution is -0.137. The summed E-state index contributed by atoms with van der Waals surface area (Å²) in [5.41, 5.74) is 6.36. The number of nitriles is 2. The lowest BCUT2D eigenvalue weighted by Gasteiger charge is -2.31. The van der Waals surface area contributed by atoms with Gasteiger partial charge in [0.05, 0.1) is 17.6 Å². The van der Waals surface area contributed by atoms with Gasteiger partial charge in [-0.2, -0.15) is 10.5 Å². The van der Waals surface area contributed by atoms with Gasteiger partial charge in [-0.25, -0.2) is 0 Å². The van der Waals surface area contributed by atoms with Gasteiger partial charge >= 0.3 is 5.97 Å². The van der Waals surface area contributed by atoms with Gasteiger partial charge in [0.25, 0.3) is 0 Å². The number of benzene rings is 1. The molecular weight excluding hydrogens is 284 g/mol. The highest BCUT2D eigenvalue weighted by molar-refractivity contribution is 5.70. The first kappa shape index (κ1) is 14.9. The van der Waals surface area contributed by atoms with Crippen LogP contribution < -0.4 is 5.73 Å². The highest BCUT2D eigenvalue weighted by Crippen LogP contribution is 2.38. The van der Waals surface area contributed by atoms with Crippen LogP contribution in [-0.4, -0.2) is 27.6 Å². The van der Waals surface area contributed by atoms with E-state index in [-0.39, 0.29) is 17.0 Å². The molecule has 0 spiro atoms. The molecule has 22 heavy (non-hydrogen) atoms. The molecule has 0 bridgehead atoms. The Balaban J connectivity index is 2.65. The van der Waals surface area contributed by atoms with Crippen LogP contribution in [-0.2, 0) is 4.79 Å². The molecule has 1 atom stereocenters. The van der Waals surface area contributed by atoms with Crippen molar-refractivity contribution in [2.75, 3.05) is 6.54 Å². The lowest BCUT2D eigenvalue weighted by atomic mass is 9.83. The maximum Gasteiger partial charge on any atom is 0.323 e. The predicted molar refractivity (Wildman–Crippen MR) is 75.6 cm³/mol. The van der Waals surface area contributed by atoms with Crippen LogP contribution in [0.3, 0.4) is 0 Å². The predicted octanol–water partition coefficient (Wildman–Crippen LogP) is 1.16. The van der Waals surface area contributed by atoms with Crippen LogP contribution >= 0.6 is 0 Å². The third kappa shape index (κ3) is 2.43. The highest BCUT2D eigenvalue weighted by Gasteiger charge is 2.36. The highest BCUT2D eigenvalue weighted by atomic mass is 16.4. The molecule has 1 aliphatic rings. The second kappa shape index (κ2) is 5.90. The molecule has 1 aromatic rings. The Morgan fingerprint density at radius 1 is 1.23 bits per heavy atom. The second-order valence-electron chi connectivity index (χ2n) is 4.58. The molecule has 0 aliphatic carbocycles. The molecule has 0 amide bonds. The third-order valence-corrected chi connectivity index (χ3v) is 3.31. The summed E-state index contributed by atoms with van der Waals surface area (Å²) in [6, 6.07) is 12.4. The molecule has 0 fully saturated rings. The maximum absolute atomic E-state index is 10.9. The summed E-state index contributed by atoms with van der Waals surface area (Å²) in [6.45, 7) is -0.643. The maximum atomic E-state index is 10.9. The molecular formula is C15H12N4O3. The molecule has 0 saturated heterocycles. The van der Waals surface area contributed by atoms with Crippen molar-refractivity contribution >= 4 is 5.97 Å². The number of carboxylic acids is 1. The van der Waals surface area contributed by atoms with E-state index in [9.17, 15) is 20.4 Å². The van der Waals surface area contributed by atoms with Crippen molar-refractivity contribution in [2.24, 2.45) is 5.73 Å². The lowest BCUT2D eigenvalue weighted by Crippen LogP contribution is -2.38. The summed E-state index contributed by atoms with van der Waals surface area (Å²) in [5, 5.41) is 37.8. The van der Waals surface area contributed by atoms with E-state index in [0.29, 0.717) is 5.56 Å². The Kier molecular flexibility index (Phi) is 4.01. The van der Waals surface area contributed by atoms with E-state index in [1.165, 1.54) is 0 Å². The largest absolute Gasteiger partial charge is 0.494 e. The zero-order valence-electron chi connectivity index (χ0n) is 11.4. The van der Waals surface area contributed by atoms with Crippen molar-refractivity contribution < 1.29 is 15.0 Å². The summed E-state index contributed by atoms with van der Waals surface area (Å²) in [4.78, 5) is 11.7. The van der Waals surface area contributed by atoms with Gasteiger partial charge in [-0.15, -0.1) is 0 Å². The van der Waals surface area contributed by atoms with Gasteiger partial charge in [0.2, 0.25) is 5.88 Å². The number of hydrogen-bond acceptors (Lipinski definition) is 6. The van der Waals surface area contributed by atoms with E-state index in [4.69, 9.17) is 10.8 Å². The van der Waals surface area contributed by atoms with E-state index in [1.54, 1.807) is 30.3 Å². The minimum absolute atomic E-state index is 0.0294. The first-order chi connectivity index (χ1) is 10.5. The van der Waals surface area contributed by atoms with Crippen LogP contribution in [0, 0.1) is 22.7 Å². The number of carboxylic acid groups (broad SMARTS) is 1. The van der Waals surface area contributed by atoms with Crippen LogP contribution in [0.1, 0.15) is 11.5 Å². The molecule has 1 aliphatic heterocycles. The van der Waals surface area contributed by atoms with Crippen molar-refractivity contribution in [3.63, 3.8) is 0 Å². The van der Waals surface area contributed by atoms with Crippen LogP contribution in [0.4, 0.5) is 0 Å². The number of nitrogens with two attached hydrogens (primary N) is 1. The van der Waals surface area contributed by atoms with Gasteiger partial charge in [0, 0.05) is 0 Å². The molecule has 0 radical (unpaired) electrons. The minimum Gasteiger partial charge on any atom is -0.494 e. The van der Waals surface area contributed by atoms with Crippen molar-refractivity contribution in [3.05, 3.63) is 58.7 Å². The molecule has 0 saturated carbocycles. The van der Waals surface area contributed by atoms with Gasteiger partial charge in [-0.3, -0.25) is 9.69 Å². The van der Waals surface area contributed by atoms with Gasteiger partial charge in [-0.05, 0) is 5.56 Å². The van der Waals surface area contributed by atoms with Gasteiger partial charge in [0.15, 0.2) is 0 Å². The van der Waals surface area contributed by atoms with Crippen molar-refractivity contribution in [1.29, 1.82) is 10.5 Å². The molecule has 0 aromatic heterocycles. The number of aliphatic hydroxyl groups excluding tert-OH is 1. The van der Waals surface area contributed by atoms with Crippen LogP contribution in [0.5, 0.6) is 0 Å². The van der Waals surface area contributed by atoms with E-state index in [1.807, 2.05) is 12.1 Å². The smallest absolute Gasteiger partial charge is 0.323 e. The Labute approximate surface area is 126 Å². The van der Waals surface area contributed by atoms with Gasteiger partial charge < -0.3 is 15.9 Å². The van der Waals surface area contributed by atoms with E-state index < -0.39 is 24.3 Å². The Morgan fingerprint density at radius 2 is 1.82 bits per heavy atom. The first-order valence-electron chi connectivity index (χ1n) is 6.28. The van der Waals surface area contributed by atoms with Crippen LogP contribution in [0.15, 0.2) is 53.2 Å². The average Bonchev–Trinajstić information content (AvgIpc) is 2.51. The summed E-state index contributed by atoms with van der Waals surface area (Å²) >= 11 is 0. The fourth-order valence-electron chi connectivity index (χ4n) is 2.34. The normalized spacial score (nSPS) is 17.9. The van der Waals surface area contributed by atoms with E-state index >= 15 is 0 Å². The molecule has 1 aromatic carbocycles. The number of carbonyl (C=O) groups is 1. The first-order valence-corrected chi connectivity index (χ1v) is 6.28. The number of nitrogens with zero attached hydrogens (tertiary/aromatic N) is 3. The van der Waals surface area contributed by atoms with Crippen LogP contribution in [0.25, 0.3) is 0 Å². The fourth-order valence-corrected chi connectivity index (χ4v) is 2.34. The summed E-state index contributed by atoms with van der Waals surface area (Å²) in [6.07, 6.45) is 0. The Morgan fingerprint density at radius 3 is 2.32 bits per heavy atom. The van der Waals surface area contributed by atoms with E-state index in [0.717, 1.165) is 4.90 Å². The Bertz CT molecular complexity index is 715. The number of aliphatic carboxylic acids is 1. The Hall–Kier alpha value is -3.45. The topological polar surface area (TPSA) is 134 Å². The molecule has 4 N–H and O–H groups in total. The molecule has 2 rings (SSSR count). The van der Waals surface area contributed by atoms with E-state index in [2.05, 4.69) is 0 Å². The summed E-state index contributed by atoms with van der Waals surface area (Å²) in [5.74, 6) is -2.78. The molecule has 1 heterocycles. The fraction of sp³-hybridized carbons (Fsp3) is 0.133. The number of rotatable bonds is 3. The molecule has 7 nitrogen and oxygen atoms in total. The van der Waals surface area contributed by atoms with Gasteiger partial charge in [0.1, 0.15) is 24.0 Å². The summed E-state index contributed by atoms with van der Waals surface area (Å²) in [7, 11) is 0. The average molecular weight is 296 g/mol. The summed E-state index contributed by atoms with van der Waals surface area (Å²) < 4.78 is 0. The van der Waals surface area contributed by atoms with Gasteiger partial charge in [-0.1, -0.05) is 30.3 Å². The minimum atomic E-state index is -1.25. The monoisotopic (exact) mass is 296 g/mol. The standard InChI is InChI=1S/C15H12N4O3/c16-6-10-13(9-4-2-1-3-5-9)11(7-17)15(22)19(14(10)18)8-12(20)21/h1-5,13,22H,8,18H2,(H,20,21). The SMILES string of the molecule is N#CC1=C(N)N(CC(=O)O)C(O)=C(C#N)C1c1ccccc1. The molecule has 110 valence electrons. The number of allylic oxidation sites excluding steroid dienone is 2. The zero-order valence-corrected chi connectivity index (χ0v) is 11.4.